The first-order valence-corrected chi connectivity index (χ1v) is 8.43. The molecule has 0 heterocycles. The van der Waals surface area contributed by atoms with E-state index in [9.17, 15) is 17.6 Å². The first-order chi connectivity index (χ1) is 9.16. The second-order valence-corrected chi connectivity index (χ2v) is 7.07. The molecule has 1 rings (SSSR count). The van der Waals surface area contributed by atoms with Gasteiger partial charge in [0, 0.05) is 10.7 Å². The normalized spacial score (nSPS) is 13.1. The van der Waals surface area contributed by atoms with Crippen LogP contribution in [-0.2, 0) is 13.8 Å². The molecule has 0 aliphatic carbocycles. The van der Waals surface area contributed by atoms with Gasteiger partial charge in [-0.05, 0) is 38.0 Å². The van der Waals surface area contributed by atoms with Crippen LogP contribution in [0.2, 0.25) is 0 Å². The van der Waals surface area contributed by atoms with Crippen molar-refractivity contribution in [1.82, 2.24) is 0 Å². The Morgan fingerprint density at radius 2 is 2.05 bits per heavy atom. The summed E-state index contributed by atoms with van der Waals surface area (Å²) in [6, 6.07) is 1.87. The standard InChI is InChI=1S/C13H16ClFO4S/c1-4-5-9(3)19-13(16)10-7-12(20(14,17)18)8(2)6-11(10)15/h6-7,9H,4-5H2,1-3H3. The highest BCUT2D eigenvalue weighted by molar-refractivity contribution is 8.13. The minimum Gasteiger partial charge on any atom is -0.459 e. The van der Waals surface area contributed by atoms with Crippen LogP contribution in [-0.4, -0.2) is 20.5 Å². The maximum atomic E-state index is 13.8. The molecule has 1 aromatic carbocycles. The fraction of sp³-hybridized carbons (Fsp3) is 0.462. The molecule has 0 saturated carbocycles. The monoisotopic (exact) mass is 322 g/mol. The molecular formula is C13H16ClFO4S. The van der Waals surface area contributed by atoms with Crippen LogP contribution < -0.4 is 0 Å². The number of carbonyl (C=O) groups is 1. The number of hydrogen-bond donors (Lipinski definition) is 0. The Balaban J connectivity index is 3.16. The highest BCUT2D eigenvalue weighted by Gasteiger charge is 2.22. The second kappa shape index (κ2) is 6.54. The largest absolute Gasteiger partial charge is 0.459 e. The van der Waals surface area contributed by atoms with E-state index in [-0.39, 0.29) is 16.6 Å². The summed E-state index contributed by atoms with van der Waals surface area (Å²) in [6.45, 7) is 5.01. The van der Waals surface area contributed by atoms with Crippen LogP contribution in [0.1, 0.15) is 42.6 Å². The van der Waals surface area contributed by atoms with E-state index in [0.29, 0.717) is 6.42 Å². The number of ether oxygens (including phenoxy) is 1. The van der Waals surface area contributed by atoms with Gasteiger partial charge in [0.2, 0.25) is 0 Å². The topological polar surface area (TPSA) is 60.4 Å². The van der Waals surface area contributed by atoms with E-state index in [1.807, 2.05) is 6.92 Å². The summed E-state index contributed by atoms with van der Waals surface area (Å²) in [4.78, 5) is 11.5. The minimum atomic E-state index is -4.05. The van der Waals surface area contributed by atoms with Gasteiger partial charge >= 0.3 is 5.97 Å². The molecular weight excluding hydrogens is 307 g/mol. The second-order valence-electron chi connectivity index (χ2n) is 4.54. The third kappa shape index (κ3) is 4.18. The van der Waals surface area contributed by atoms with Crippen molar-refractivity contribution < 1.29 is 22.3 Å². The Labute approximate surface area is 122 Å². The van der Waals surface area contributed by atoms with Gasteiger partial charge in [-0.25, -0.2) is 17.6 Å². The molecule has 0 amide bonds. The van der Waals surface area contributed by atoms with Crippen molar-refractivity contribution in [3.63, 3.8) is 0 Å². The van der Waals surface area contributed by atoms with Crippen molar-refractivity contribution >= 4 is 25.7 Å². The van der Waals surface area contributed by atoms with E-state index in [1.54, 1.807) is 6.92 Å². The molecule has 0 aliphatic rings. The van der Waals surface area contributed by atoms with Gasteiger partial charge < -0.3 is 4.74 Å². The zero-order valence-electron chi connectivity index (χ0n) is 11.4. The van der Waals surface area contributed by atoms with Crippen LogP contribution in [0.4, 0.5) is 4.39 Å². The fourth-order valence-corrected chi connectivity index (χ4v) is 2.98. The molecule has 0 bridgehead atoms. The molecule has 0 radical (unpaired) electrons. The predicted octanol–water partition coefficient (Wildman–Crippen LogP) is 3.41. The van der Waals surface area contributed by atoms with Gasteiger partial charge in [0.15, 0.2) is 0 Å². The molecule has 1 unspecified atom stereocenters. The van der Waals surface area contributed by atoms with E-state index < -0.39 is 26.4 Å². The third-order valence-electron chi connectivity index (χ3n) is 2.75. The molecule has 20 heavy (non-hydrogen) atoms. The van der Waals surface area contributed by atoms with Gasteiger partial charge in [-0.3, -0.25) is 0 Å². The van der Waals surface area contributed by atoms with Crippen molar-refractivity contribution in [2.45, 2.75) is 44.6 Å². The first kappa shape index (κ1) is 16.9. The molecule has 7 heteroatoms. The number of esters is 1. The highest BCUT2D eigenvalue weighted by atomic mass is 35.7. The lowest BCUT2D eigenvalue weighted by Gasteiger charge is -2.13. The molecule has 0 aliphatic heterocycles. The lowest BCUT2D eigenvalue weighted by Crippen LogP contribution is -2.16. The Bertz CT molecular complexity index is 613. The number of carbonyl (C=O) groups excluding carboxylic acids is 1. The zero-order valence-corrected chi connectivity index (χ0v) is 13.0. The Kier molecular flexibility index (Phi) is 5.53. The number of hydrogen-bond acceptors (Lipinski definition) is 4. The average Bonchev–Trinajstić information content (AvgIpc) is 2.26. The average molecular weight is 323 g/mol. The van der Waals surface area contributed by atoms with Crippen molar-refractivity contribution in [3.8, 4) is 0 Å². The van der Waals surface area contributed by atoms with Crippen molar-refractivity contribution in [2.75, 3.05) is 0 Å². The SMILES string of the molecule is CCCC(C)OC(=O)c1cc(S(=O)(=O)Cl)c(C)cc1F. The summed E-state index contributed by atoms with van der Waals surface area (Å²) in [5.74, 6) is -1.73. The van der Waals surface area contributed by atoms with Crippen LogP contribution in [0.15, 0.2) is 17.0 Å². The molecule has 1 atom stereocenters. The predicted molar refractivity (Wildman–Crippen MR) is 74.0 cm³/mol. The first-order valence-electron chi connectivity index (χ1n) is 6.12. The summed E-state index contributed by atoms with van der Waals surface area (Å²) >= 11 is 0. The van der Waals surface area contributed by atoms with E-state index in [4.69, 9.17) is 15.4 Å². The van der Waals surface area contributed by atoms with Gasteiger partial charge in [0.1, 0.15) is 5.82 Å². The highest BCUT2D eigenvalue weighted by Crippen LogP contribution is 2.24. The van der Waals surface area contributed by atoms with E-state index in [0.717, 1.165) is 18.6 Å². The van der Waals surface area contributed by atoms with Gasteiger partial charge in [0.05, 0.1) is 16.6 Å². The Morgan fingerprint density at radius 3 is 2.55 bits per heavy atom. The van der Waals surface area contributed by atoms with Gasteiger partial charge in [-0.15, -0.1) is 0 Å². The molecule has 1 aromatic rings. The Morgan fingerprint density at radius 1 is 1.45 bits per heavy atom. The van der Waals surface area contributed by atoms with Crippen molar-refractivity contribution in [3.05, 3.63) is 29.1 Å². The maximum Gasteiger partial charge on any atom is 0.341 e. The van der Waals surface area contributed by atoms with Crippen LogP contribution in [0, 0.1) is 12.7 Å². The number of halogens is 2. The van der Waals surface area contributed by atoms with Crippen molar-refractivity contribution in [2.24, 2.45) is 0 Å². The number of benzene rings is 1. The van der Waals surface area contributed by atoms with E-state index in [2.05, 4.69) is 0 Å². The third-order valence-corrected chi connectivity index (χ3v) is 4.21. The lowest BCUT2D eigenvalue weighted by atomic mass is 10.1. The molecule has 0 saturated heterocycles. The molecule has 4 nitrogen and oxygen atoms in total. The fourth-order valence-electron chi connectivity index (χ4n) is 1.78. The number of rotatable bonds is 5. The summed E-state index contributed by atoms with van der Waals surface area (Å²) in [5.41, 5.74) is -0.298. The van der Waals surface area contributed by atoms with Crippen LogP contribution in [0.5, 0.6) is 0 Å². The summed E-state index contributed by atoms with van der Waals surface area (Å²) in [6.07, 6.45) is 1.08. The van der Waals surface area contributed by atoms with Gasteiger partial charge in [-0.2, -0.15) is 0 Å². The van der Waals surface area contributed by atoms with Gasteiger partial charge in [-0.1, -0.05) is 13.3 Å². The van der Waals surface area contributed by atoms with Gasteiger partial charge in [0.25, 0.3) is 9.05 Å². The zero-order chi connectivity index (χ0) is 15.5. The smallest absolute Gasteiger partial charge is 0.341 e. The summed E-state index contributed by atoms with van der Waals surface area (Å²) < 4.78 is 41.5. The maximum absolute atomic E-state index is 13.8. The van der Waals surface area contributed by atoms with Crippen molar-refractivity contribution in [1.29, 1.82) is 0 Å². The van der Waals surface area contributed by atoms with E-state index in [1.165, 1.54) is 6.92 Å². The number of aryl methyl sites for hydroxylation is 1. The summed E-state index contributed by atoms with van der Waals surface area (Å²) in [7, 11) is 1.20. The molecule has 0 N–H and O–H groups in total. The lowest BCUT2D eigenvalue weighted by molar-refractivity contribution is 0.0318. The molecule has 0 aromatic heterocycles. The van der Waals surface area contributed by atoms with Crippen LogP contribution in [0.3, 0.4) is 0 Å². The van der Waals surface area contributed by atoms with Crippen LogP contribution in [0.25, 0.3) is 0 Å². The molecule has 0 fully saturated rings. The van der Waals surface area contributed by atoms with E-state index >= 15 is 0 Å². The molecule has 0 spiro atoms. The molecule has 112 valence electrons. The summed E-state index contributed by atoms with van der Waals surface area (Å²) in [5, 5.41) is 0. The quantitative estimate of drug-likeness (QED) is 0.615. The minimum absolute atomic E-state index is 0.135. The van der Waals surface area contributed by atoms with Crippen LogP contribution >= 0.6 is 10.7 Å². The Hall–Kier alpha value is -1.14.